The smallest absolute Gasteiger partial charge is 0.115 e. The third kappa shape index (κ3) is 3.44. The minimum absolute atomic E-state index is 0.267. The van der Waals surface area contributed by atoms with E-state index in [2.05, 4.69) is 71.8 Å². The second-order valence-corrected chi connectivity index (χ2v) is 8.01. The van der Waals surface area contributed by atoms with E-state index in [9.17, 15) is 5.11 Å². The number of rotatable bonds is 3. The Morgan fingerprint density at radius 1 is 1.00 bits per heavy atom. The molecule has 0 amide bonds. The minimum Gasteiger partial charge on any atom is -0.508 e. The van der Waals surface area contributed by atoms with E-state index in [-0.39, 0.29) is 5.75 Å². The zero-order chi connectivity index (χ0) is 19.8. The third-order valence-corrected chi connectivity index (χ3v) is 6.03. The molecule has 3 atom stereocenters. The summed E-state index contributed by atoms with van der Waals surface area (Å²) in [7, 11) is 0. The Morgan fingerprint density at radius 3 is 2.59 bits per heavy atom. The summed E-state index contributed by atoms with van der Waals surface area (Å²) < 4.78 is 0. The molecule has 3 heteroatoms. The Hall–Kier alpha value is -3.33. The number of nitrogens with one attached hydrogen (secondary N) is 1. The molecule has 3 nitrogen and oxygen atoms in total. The summed E-state index contributed by atoms with van der Waals surface area (Å²) in [5.74, 6) is 1.31. The summed E-state index contributed by atoms with van der Waals surface area (Å²) in [5, 5.41) is 13.2. The number of phenolic OH excluding ortho intramolecular Hbond substituents is 1. The molecule has 0 radical (unpaired) electrons. The topological polar surface area (TPSA) is 44.6 Å². The van der Waals surface area contributed by atoms with Crippen LogP contribution in [0.5, 0.6) is 5.75 Å². The highest BCUT2D eigenvalue weighted by Gasteiger charge is 2.37. The second kappa shape index (κ2) is 7.25. The fourth-order valence-electron chi connectivity index (χ4n) is 4.52. The highest BCUT2D eigenvalue weighted by atomic mass is 16.3. The largest absolute Gasteiger partial charge is 0.508 e. The predicted molar refractivity (Wildman–Crippen MR) is 119 cm³/mol. The van der Waals surface area contributed by atoms with Gasteiger partial charge in [0.1, 0.15) is 5.75 Å². The number of hydrogen-bond acceptors (Lipinski definition) is 3. The number of aliphatic imine (C=N–C) groups is 1. The van der Waals surface area contributed by atoms with Crippen molar-refractivity contribution in [3.05, 3.63) is 101 Å². The Labute approximate surface area is 171 Å². The maximum Gasteiger partial charge on any atom is 0.115 e. The van der Waals surface area contributed by atoms with Crippen molar-refractivity contribution < 1.29 is 5.11 Å². The van der Waals surface area contributed by atoms with Gasteiger partial charge in [0.05, 0.1) is 11.7 Å². The molecule has 29 heavy (non-hydrogen) atoms. The molecule has 1 aliphatic carbocycles. The normalized spacial score (nSPS) is 22.3. The molecule has 144 valence electrons. The van der Waals surface area contributed by atoms with Crippen molar-refractivity contribution in [3.8, 4) is 5.75 Å². The maximum absolute atomic E-state index is 9.38. The Balaban J connectivity index is 1.38. The Morgan fingerprint density at radius 2 is 1.79 bits per heavy atom. The van der Waals surface area contributed by atoms with Gasteiger partial charge in [0.2, 0.25) is 0 Å². The van der Waals surface area contributed by atoms with Crippen LogP contribution in [0.1, 0.15) is 40.6 Å². The summed E-state index contributed by atoms with van der Waals surface area (Å²) in [5.41, 5.74) is 7.19. The van der Waals surface area contributed by atoms with E-state index in [1.807, 2.05) is 18.3 Å². The van der Waals surface area contributed by atoms with Crippen LogP contribution in [0.15, 0.2) is 83.9 Å². The fraction of sp³-hybridized carbons (Fsp3) is 0.192. The van der Waals surface area contributed by atoms with Crippen LogP contribution in [0, 0.1) is 12.8 Å². The van der Waals surface area contributed by atoms with Crippen LogP contribution in [0.3, 0.4) is 0 Å². The van der Waals surface area contributed by atoms with Gasteiger partial charge in [-0.15, -0.1) is 0 Å². The highest BCUT2D eigenvalue weighted by Crippen LogP contribution is 2.49. The molecule has 0 saturated heterocycles. The van der Waals surface area contributed by atoms with E-state index in [1.165, 1.54) is 22.4 Å². The van der Waals surface area contributed by atoms with E-state index < -0.39 is 0 Å². The van der Waals surface area contributed by atoms with Crippen molar-refractivity contribution >= 4 is 17.6 Å². The number of allylic oxidation sites excluding steroid dienone is 2. The van der Waals surface area contributed by atoms with Gasteiger partial charge in [-0.05, 0) is 78.4 Å². The average Bonchev–Trinajstić information content (AvgIpc) is 3.24. The minimum atomic E-state index is 0.267. The molecule has 0 aromatic heterocycles. The fourth-order valence-corrected chi connectivity index (χ4v) is 4.52. The van der Waals surface area contributed by atoms with Gasteiger partial charge in [-0.25, -0.2) is 0 Å². The molecule has 3 aromatic carbocycles. The van der Waals surface area contributed by atoms with Crippen LogP contribution >= 0.6 is 0 Å². The predicted octanol–water partition coefficient (Wildman–Crippen LogP) is 6.28. The number of anilines is 1. The second-order valence-electron chi connectivity index (χ2n) is 8.01. The molecule has 0 spiro atoms. The van der Waals surface area contributed by atoms with E-state index in [1.54, 1.807) is 12.1 Å². The maximum atomic E-state index is 9.38. The molecule has 0 bridgehead atoms. The summed E-state index contributed by atoms with van der Waals surface area (Å²) in [6.07, 6.45) is 7.64. The number of aryl methyl sites for hydroxylation is 1. The zero-order valence-corrected chi connectivity index (χ0v) is 16.4. The van der Waals surface area contributed by atoms with Crippen LogP contribution in [-0.4, -0.2) is 11.3 Å². The van der Waals surface area contributed by atoms with E-state index in [0.29, 0.717) is 17.9 Å². The Bertz CT molecular complexity index is 1080. The first kappa shape index (κ1) is 17.7. The Kier molecular flexibility index (Phi) is 4.44. The first-order chi connectivity index (χ1) is 14.2. The van der Waals surface area contributed by atoms with E-state index in [0.717, 1.165) is 17.7 Å². The number of hydrogen-bond donors (Lipinski definition) is 2. The first-order valence-corrected chi connectivity index (χ1v) is 10.1. The van der Waals surface area contributed by atoms with Crippen molar-refractivity contribution in [3.63, 3.8) is 0 Å². The quantitative estimate of drug-likeness (QED) is 0.415. The third-order valence-electron chi connectivity index (χ3n) is 6.03. The van der Waals surface area contributed by atoms with Gasteiger partial charge < -0.3 is 10.4 Å². The lowest BCUT2D eigenvalue weighted by atomic mass is 9.76. The number of phenols is 1. The molecule has 5 rings (SSSR count). The van der Waals surface area contributed by atoms with Crippen LogP contribution in [0.4, 0.5) is 11.4 Å². The van der Waals surface area contributed by atoms with Crippen molar-refractivity contribution in [1.29, 1.82) is 0 Å². The van der Waals surface area contributed by atoms with E-state index >= 15 is 0 Å². The molecule has 0 unspecified atom stereocenters. The lowest BCUT2D eigenvalue weighted by Crippen LogP contribution is -2.29. The molecule has 1 heterocycles. The van der Waals surface area contributed by atoms with Gasteiger partial charge in [0.25, 0.3) is 0 Å². The monoisotopic (exact) mass is 380 g/mol. The number of benzene rings is 3. The van der Waals surface area contributed by atoms with Gasteiger partial charge in [-0.1, -0.05) is 42.0 Å². The van der Waals surface area contributed by atoms with Crippen LogP contribution < -0.4 is 5.32 Å². The van der Waals surface area contributed by atoms with Gasteiger partial charge >= 0.3 is 0 Å². The molecule has 0 saturated carbocycles. The van der Waals surface area contributed by atoms with Crippen LogP contribution in [-0.2, 0) is 0 Å². The van der Waals surface area contributed by atoms with Gasteiger partial charge in [-0.2, -0.15) is 0 Å². The van der Waals surface area contributed by atoms with Crippen LogP contribution in [0.25, 0.3) is 0 Å². The standard InChI is InChI=1S/C26H24N2O/c1-17-5-14-25-24(15-17)22-3-2-4-23(22)26(28-25)19-8-10-20(11-9-19)27-16-18-6-12-21(29)13-7-18/h2-3,5-16,22-23,26,28-29H,4H2,1H3/t22-,23+,26+/m1/s1. The van der Waals surface area contributed by atoms with Crippen LogP contribution in [0.2, 0.25) is 0 Å². The molecular weight excluding hydrogens is 356 g/mol. The summed E-state index contributed by atoms with van der Waals surface area (Å²) in [6.45, 7) is 2.16. The zero-order valence-electron chi connectivity index (χ0n) is 16.4. The lowest BCUT2D eigenvalue weighted by Gasteiger charge is -2.37. The van der Waals surface area contributed by atoms with E-state index in [4.69, 9.17) is 0 Å². The highest BCUT2D eigenvalue weighted by molar-refractivity contribution is 5.82. The SMILES string of the molecule is Cc1ccc2c(c1)[C@@H]1C=CC[C@@H]1[C@H](c1ccc(N=Cc3ccc(O)cc3)cc1)N2. The molecule has 2 N–H and O–H groups in total. The summed E-state index contributed by atoms with van der Waals surface area (Å²) in [6, 6.07) is 22.6. The summed E-state index contributed by atoms with van der Waals surface area (Å²) in [4.78, 5) is 4.57. The number of nitrogens with zero attached hydrogens (tertiary/aromatic N) is 1. The van der Waals surface area contributed by atoms with Gasteiger partial charge in [0.15, 0.2) is 0 Å². The number of fused-ring (bicyclic) bond motifs is 3. The van der Waals surface area contributed by atoms with Crippen molar-refractivity contribution in [1.82, 2.24) is 0 Å². The number of aromatic hydroxyl groups is 1. The lowest BCUT2D eigenvalue weighted by molar-refractivity contribution is 0.425. The first-order valence-electron chi connectivity index (χ1n) is 10.1. The molecule has 0 fully saturated rings. The van der Waals surface area contributed by atoms with Crippen molar-refractivity contribution in [2.24, 2.45) is 10.9 Å². The van der Waals surface area contributed by atoms with Crippen molar-refractivity contribution in [2.75, 3.05) is 5.32 Å². The van der Waals surface area contributed by atoms with Crippen molar-refractivity contribution in [2.45, 2.75) is 25.3 Å². The summed E-state index contributed by atoms with van der Waals surface area (Å²) >= 11 is 0. The molecule has 2 aliphatic rings. The molecule has 3 aromatic rings. The molecule has 1 aliphatic heterocycles. The average molecular weight is 380 g/mol. The van der Waals surface area contributed by atoms with Gasteiger partial charge in [0, 0.05) is 17.8 Å². The molecular formula is C26H24N2O. The van der Waals surface area contributed by atoms with Gasteiger partial charge in [-0.3, -0.25) is 4.99 Å².